The highest BCUT2D eigenvalue weighted by Crippen LogP contribution is 2.35. The monoisotopic (exact) mass is 264 g/mol. The van der Waals surface area contributed by atoms with Crippen LogP contribution in [-0.4, -0.2) is 27.3 Å². The Hall–Kier alpha value is -2.82. The summed E-state index contributed by atoms with van der Waals surface area (Å²) in [6, 6.07) is 10.1. The van der Waals surface area contributed by atoms with Crippen molar-refractivity contribution in [1.82, 2.24) is 20.2 Å². The fourth-order valence-electron chi connectivity index (χ4n) is 2.60. The number of hydrogen-bond acceptors (Lipinski definition) is 3. The van der Waals surface area contributed by atoms with Crippen LogP contribution >= 0.6 is 0 Å². The van der Waals surface area contributed by atoms with Crippen molar-refractivity contribution in [2.24, 2.45) is 0 Å². The van der Waals surface area contributed by atoms with E-state index in [-0.39, 0.29) is 0 Å². The maximum absolute atomic E-state index is 5.36. The minimum absolute atomic E-state index is 0.792. The zero-order valence-electron chi connectivity index (χ0n) is 10.8. The summed E-state index contributed by atoms with van der Waals surface area (Å²) in [5, 5.41) is 8.19. The van der Waals surface area contributed by atoms with E-state index >= 15 is 0 Å². The molecule has 98 valence electrons. The number of nitrogens with one attached hydrogen (secondary N) is 2. The Bertz CT molecular complexity index is 906. The maximum atomic E-state index is 5.36. The Morgan fingerprint density at radius 2 is 2.05 bits per heavy atom. The zero-order chi connectivity index (χ0) is 13.5. The van der Waals surface area contributed by atoms with Crippen LogP contribution in [-0.2, 0) is 0 Å². The Labute approximate surface area is 114 Å². The van der Waals surface area contributed by atoms with Crippen LogP contribution in [0.4, 0.5) is 0 Å². The second kappa shape index (κ2) is 4.09. The first kappa shape index (κ1) is 11.0. The first-order valence-electron chi connectivity index (χ1n) is 6.31. The lowest BCUT2D eigenvalue weighted by Gasteiger charge is -2.07. The molecule has 5 heteroatoms. The molecule has 0 amide bonds. The molecule has 0 spiro atoms. The second-order valence-electron chi connectivity index (χ2n) is 4.58. The molecule has 2 aromatic carbocycles. The molecule has 2 heterocycles. The molecule has 5 nitrogen and oxygen atoms in total. The third kappa shape index (κ3) is 1.43. The summed E-state index contributed by atoms with van der Waals surface area (Å²) in [7, 11) is 1.66. The summed E-state index contributed by atoms with van der Waals surface area (Å²) in [4.78, 5) is 7.56. The number of benzene rings is 2. The molecule has 0 fully saturated rings. The van der Waals surface area contributed by atoms with Gasteiger partial charge in [-0.05, 0) is 23.8 Å². The van der Waals surface area contributed by atoms with Crippen molar-refractivity contribution in [1.29, 1.82) is 0 Å². The van der Waals surface area contributed by atoms with Crippen molar-refractivity contribution in [3.05, 3.63) is 42.9 Å². The van der Waals surface area contributed by atoms with Gasteiger partial charge in [-0.25, -0.2) is 4.98 Å². The van der Waals surface area contributed by atoms with E-state index in [9.17, 15) is 0 Å². The molecule has 0 saturated carbocycles. The molecule has 4 aromatic rings. The molecular formula is C15H12N4O. The quantitative estimate of drug-likeness (QED) is 0.584. The number of fused-ring (bicyclic) bond motifs is 2. The van der Waals surface area contributed by atoms with Gasteiger partial charge < -0.3 is 9.72 Å². The van der Waals surface area contributed by atoms with Crippen molar-refractivity contribution in [2.45, 2.75) is 0 Å². The SMILES string of the molecule is COc1ccc(-c2cccc3[nH]ncc23)c2nc[nH]c12. The van der Waals surface area contributed by atoms with Crippen LogP contribution < -0.4 is 4.74 Å². The Kier molecular flexibility index (Phi) is 2.26. The van der Waals surface area contributed by atoms with Gasteiger partial charge in [-0.2, -0.15) is 5.10 Å². The third-order valence-corrected chi connectivity index (χ3v) is 3.54. The van der Waals surface area contributed by atoms with E-state index < -0.39 is 0 Å². The standard InChI is InChI=1S/C15H12N4O/c1-20-13-6-5-10(14-15(13)17-8-16-14)9-3-2-4-12-11(9)7-18-19-12/h2-8H,1H3,(H,16,17)(H,18,19). The van der Waals surface area contributed by atoms with Crippen LogP contribution in [0.25, 0.3) is 33.1 Å². The molecule has 0 bridgehead atoms. The van der Waals surface area contributed by atoms with E-state index in [4.69, 9.17) is 4.74 Å². The first-order valence-corrected chi connectivity index (χ1v) is 6.31. The number of hydrogen-bond donors (Lipinski definition) is 2. The minimum atomic E-state index is 0.792. The molecule has 0 atom stereocenters. The Morgan fingerprint density at radius 1 is 1.10 bits per heavy atom. The molecule has 0 saturated heterocycles. The summed E-state index contributed by atoms with van der Waals surface area (Å²) < 4.78 is 5.36. The van der Waals surface area contributed by atoms with Gasteiger partial charge in [0.1, 0.15) is 11.3 Å². The number of nitrogens with zero attached hydrogens (tertiary/aromatic N) is 2. The average Bonchev–Trinajstić information content (AvgIpc) is 3.14. The molecule has 2 aromatic heterocycles. The first-order chi connectivity index (χ1) is 9.88. The van der Waals surface area contributed by atoms with Gasteiger partial charge in [-0.15, -0.1) is 0 Å². The predicted octanol–water partition coefficient (Wildman–Crippen LogP) is 3.11. The molecule has 20 heavy (non-hydrogen) atoms. The molecular weight excluding hydrogens is 252 g/mol. The predicted molar refractivity (Wildman–Crippen MR) is 77.7 cm³/mol. The Balaban J connectivity index is 2.08. The van der Waals surface area contributed by atoms with E-state index in [0.29, 0.717) is 0 Å². The van der Waals surface area contributed by atoms with Gasteiger partial charge in [0, 0.05) is 10.9 Å². The van der Waals surface area contributed by atoms with Crippen molar-refractivity contribution in [3.63, 3.8) is 0 Å². The summed E-state index contributed by atoms with van der Waals surface area (Å²) in [5.41, 5.74) is 5.00. The van der Waals surface area contributed by atoms with Crippen LogP contribution in [0.2, 0.25) is 0 Å². The number of aromatic amines is 2. The van der Waals surface area contributed by atoms with Gasteiger partial charge in [0.15, 0.2) is 0 Å². The average molecular weight is 264 g/mol. The number of methoxy groups -OCH3 is 1. The highest BCUT2D eigenvalue weighted by atomic mass is 16.5. The minimum Gasteiger partial charge on any atom is -0.494 e. The smallest absolute Gasteiger partial charge is 0.144 e. The molecule has 0 aliphatic carbocycles. The highest BCUT2D eigenvalue weighted by Gasteiger charge is 2.13. The molecule has 2 N–H and O–H groups in total. The number of rotatable bonds is 2. The van der Waals surface area contributed by atoms with Crippen LogP contribution in [0.3, 0.4) is 0 Å². The fraction of sp³-hybridized carbons (Fsp3) is 0.0667. The molecule has 0 aliphatic heterocycles. The number of ether oxygens (including phenoxy) is 1. The van der Waals surface area contributed by atoms with Crippen LogP contribution in [0, 0.1) is 0 Å². The van der Waals surface area contributed by atoms with Gasteiger partial charge in [-0.1, -0.05) is 12.1 Å². The number of imidazole rings is 1. The van der Waals surface area contributed by atoms with Gasteiger partial charge >= 0.3 is 0 Å². The van der Waals surface area contributed by atoms with Crippen molar-refractivity contribution >= 4 is 21.9 Å². The van der Waals surface area contributed by atoms with Gasteiger partial charge in [-0.3, -0.25) is 5.10 Å². The third-order valence-electron chi connectivity index (χ3n) is 3.54. The zero-order valence-corrected chi connectivity index (χ0v) is 10.8. The topological polar surface area (TPSA) is 66.6 Å². The summed E-state index contributed by atoms with van der Waals surface area (Å²) in [5.74, 6) is 0.792. The summed E-state index contributed by atoms with van der Waals surface area (Å²) in [6.45, 7) is 0. The molecule has 0 aliphatic rings. The Morgan fingerprint density at radius 3 is 2.95 bits per heavy atom. The van der Waals surface area contributed by atoms with E-state index in [1.165, 1.54) is 0 Å². The molecule has 0 unspecified atom stereocenters. The summed E-state index contributed by atoms with van der Waals surface area (Å²) >= 11 is 0. The van der Waals surface area contributed by atoms with E-state index in [2.05, 4.69) is 26.2 Å². The number of H-pyrrole nitrogens is 2. The lowest BCUT2D eigenvalue weighted by atomic mass is 10.0. The molecule has 4 rings (SSSR count). The van der Waals surface area contributed by atoms with Crippen LogP contribution in [0.15, 0.2) is 42.9 Å². The van der Waals surface area contributed by atoms with Crippen molar-refractivity contribution in [2.75, 3.05) is 7.11 Å². The second-order valence-corrected chi connectivity index (χ2v) is 4.58. The lowest BCUT2D eigenvalue weighted by Crippen LogP contribution is -1.87. The highest BCUT2D eigenvalue weighted by molar-refractivity contribution is 6.03. The lowest BCUT2D eigenvalue weighted by molar-refractivity contribution is 0.419. The van der Waals surface area contributed by atoms with Gasteiger partial charge in [0.25, 0.3) is 0 Å². The molecule has 0 radical (unpaired) electrons. The van der Waals surface area contributed by atoms with Gasteiger partial charge in [0.2, 0.25) is 0 Å². The van der Waals surface area contributed by atoms with Crippen LogP contribution in [0.5, 0.6) is 5.75 Å². The van der Waals surface area contributed by atoms with Crippen molar-refractivity contribution in [3.8, 4) is 16.9 Å². The van der Waals surface area contributed by atoms with E-state index in [0.717, 1.165) is 38.8 Å². The number of aromatic nitrogens is 4. The summed E-state index contributed by atoms with van der Waals surface area (Å²) in [6.07, 6.45) is 3.53. The normalized spacial score (nSPS) is 11.2. The largest absolute Gasteiger partial charge is 0.494 e. The van der Waals surface area contributed by atoms with E-state index in [1.54, 1.807) is 13.4 Å². The van der Waals surface area contributed by atoms with Gasteiger partial charge in [0.05, 0.1) is 30.7 Å². The van der Waals surface area contributed by atoms with E-state index in [1.807, 2.05) is 30.5 Å². The van der Waals surface area contributed by atoms with Crippen LogP contribution in [0.1, 0.15) is 0 Å². The maximum Gasteiger partial charge on any atom is 0.144 e. The fourth-order valence-corrected chi connectivity index (χ4v) is 2.60. The van der Waals surface area contributed by atoms with Crippen molar-refractivity contribution < 1.29 is 4.74 Å².